The minimum atomic E-state index is -0.612. The molecule has 1 N–H and O–H groups in total. The molecule has 2 atom stereocenters. The summed E-state index contributed by atoms with van der Waals surface area (Å²) in [7, 11) is 0. The summed E-state index contributed by atoms with van der Waals surface area (Å²) in [5.41, 5.74) is 0.730. The second-order valence-electron chi connectivity index (χ2n) is 6.74. The van der Waals surface area contributed by atoms with E-state index < -0.39 is 5.60 Å². The third kappa shape index (κ3) is 4.57. The van der Waals surface area contributed by atoms with Gasteiger partial charge < -0.3 is 10.0 Å². The first-order valence-electron chi connectivity index (χ1n) is 8.57. The van der Waals surface area contributed by atoms with Gasteiger partial charge in [0.15, 0.2) is 0 Å². The third-order valence-corrected chi connectivity index (χ3v) is 5.00. The average molecular weight is 303 g/mol. The molecule has 1 aromatic rings. The Balaban J connectivity index is 1.71. The maximum Gasteiger partial charge on any atom is 0.222 e. The smallest absolute Gasteiger partial charge is 0.222 e. The van der Waals surface area contributed by atoms with Crippen LogP contribution in [0.15, 0.2) is 30.3 Å². The number of piperidine rings is 1. The van der Waals surface area contributed by atoms with Crippen LogP contribution in [0.25, 0.3) is 0 Å². The Morgan fingerprint density at radius 2 is 2.05 bits per heavy atom. The molecule has 0 saturated carbocycles. The van der Waals surface area contributed by atoms with Crippen LogP contribution in [-0.4, -0.2) is 34.6 Å². The van der Waals surface area contributed by atoms with Crippen molar-refractivity contribution in [2.24, 2.45) is 5.92 Å². The lowest BCUT2D eigenvalue weighted by Crippen LogP contribution is -2.51. The molecule has 0 radical (unpaired) electrons. The normalized spacial score (nSPS) is 25.2. The maximum absolute atomic E-state index is 12.3. The van der Waals surface area contributed by atoms with E-state index in [1.165, 1.54) is 5.56 Å². The minimum absolute atomic E-state index is 0.203. The molecule has 1 amide bonds. The number of amides is 1. The number of carbonyl (C=O) groups is 1. The van der Waals surface area contributed by atoms with Crippen molar-refractivity contribution in [1.29, 1.82) is 0 Å². The van der Waals surface area contributed by atoms with E-state index in [0.717, 1.165) is 25.7 Å². The molecule has 1 heterocycles. The van der Waals surface area contributed by atoms with Crippen molar-refractivity contribution in [3.63, 3.8) is 0 Å². The summed E-state index contributed by atoms with van der Waals surface area (Å²) in [6.45, 7) is 5.40. The van der Waals surface area contributed by atoms with E-state index in [1.54, 1.807) is 0 Å². The number of nitrogens with zero attached hydrogens (tertiary/aromatic N) is 1. The lowest BCUT2D eigenvalue weighted by molar-refractivity contribution is -0.139. The molecule has 0 aliphatic carbocycles. The third-order valence-electron chi connectivity index (χ3n) is 5.00. The Morgan fingerprint density at radius 3 is 2.73 bits per heavy atom. The molecular weight excluding hydrogens is 274 g/mol. The molecule has 0 unspecified atom stereocenters. The van der Waals surface area contributed by atoms with Gasteiger partial charge in [-0.1, -0.05) is 37.3 Å². The predicted molar refractivity (Wildman–Crippen MR) is 89.6 cm³/mol. The van der Waals surface area contributed by atoms with Gasteiger partial charge in [-0.25, -0.2) is 0 Å². The van der Waals surface area contributed by atoms with E-state index in [4.69, 9.17) is 0 Å². The summed E-state index contributed by atoms with van der Waals surface area (Å²) in [5, 5.41) is 10.3. The van der Waals surface area contributed by atoms with E-state index in [9.17, 15) is 9.90 Å². The molecule has 1 aromatic carbocycles. The summed E-state index contributed by atoms with van der Waals surface area (Å²) in [6.07, 6.45) is 5.29. The first-order chi connectivity index (χ1) is 10.5. The molecule has 0 spiro atoms. The Morgan fingerprint density at radius 1 is 1.32 bits per heavy atom. The number of unbranched alkanes of at least 4 members (excludes halogenated alkanes) is 1. The fourth-order valence-electron chi connectivity index (χ4n) is 3.32. The van der Waals surface area contributed by atoms with Crippen molar-refractivity contribution in [3.8, 4) is 0 Å². The van der Waals surface area contributed by atoms with Gasteiger partial charge in [0, 0.05) is 25.4 Å². The molecule has 0 bridgehead atoms. The fraction of sp³-hybridized carbons (Fsp3) is 0.632. The van der Waals surface area contributed by atoms with Gasteiger partial charge in [0.25, 0.3) is 0 Å². The van der Waals surface area contributed by atoms with Gasteiger partial charge in [0.1, 0.15) is 0 Å². The van der Waals surface area contributed by atoms with Gasteiger partial charge in [0.2, 0.25) is 5.91 Å². The summed E-state index contributed by atoms with van der Waals surface area (Å²) < 4.78 is 0. The largest absolute Gasteiger partial charge is 0.390 e. The van der Waals surface area contributed by atoms with Crippen LogP contribution < -0.4 is 0 Å². The van der Waals surface area contributed by atoms with Crippen LogP contribution >= 0.6 is 0 Å². The fourth-order valence-corrected chi connectivity index (χ4v) is 3.32. The first-order valence-corrected chi connectivity index (χ1v) is 8.57. The number of likely N-dealkylation sites (tertiary alicyclic amines) is 1. The number of carbonyl (C=O) groups excluding carboxylic acids is 1. The highest BCUT2D eigenvalue weighted by atomic mass is 16.3. The number of hydrogen-bond donors (Lipinski definition) is 1. The van der Waals surface area contributed by atoms with Gasteiger partial charge in [-0.15, -0.1) is 0 Å². The molecule has 1 aliphatic rings. The minimum Gasteiger partial charge on any atom is -0.390 e. The van der Waals surface area contributed by atoms with Crippen LogP contribution in [-0.2, 0) is 11.2 Å². The van der Waals surface area contributed by atoms with Gasteiger partial charge in [-0.2, -0.15) is 0 Å². The number of aryl methyl sites for hydroxylation is 1. The molecule has 1 saturated heterocycles. The first kappa shape index (κ1) is 17.0. The molecule has 2 rings (SSSR count). The molecule has 22 heavy (non-hydrogen) atoms. The topological polar surface area (TPSA) is 40.5 Å². The zero-order chi connectivity index (χ0) is 16.0. The van der Waals surface area contributed by atoms with E-state index in [2.05, 4.69) is 31.2 Å². The molecular formula is C19H29NO2. The average Bonchev–Trinajstić information content (AvgIpc) is 2.52. The van der Waals surface area contributed by atoms with Crippen LogP contribution in [0.5, 0.6) is 0 Å². The van der Waals surface area contributed by atoms with Crippen molar-refractivity contribution in [2.75, 3.05) is 13.1 Å². The molecule has 3 nitrogen and oxygen atoms in total. The van der Waals surface area contributed by atoms with Crippen LogP contribution in [0, 0.1) is 5.92 Å². The summed E-state index contributed by atoms with van der Waals surface area (Å²) in [4.78, 5) is 14.3. The number of hydrogen-bond acceptors (Lipinski definition) is 2. The molecule has 122 valence electrons. The summed E-state index contributed by atoms with van der Waals surface area (Å²) in [5.74, 6) is 0.455. The van der Waals surface area contributed by atoms with Crippen molar-refractivity contribution >= 4 is 5.91 Å². The van der Waals surface area contributed by atoms with Crippen molar-refractivity contribution in [1.82, 2.24) is 4.90 Å². The van der Waals surface area contributed by atoms with Crippen LogP contribution in [0.4, 0.5) is 0 Å². The molecule has 0 aromatic heterocycles. The molecule has 1 fully saturated rings. The van der Waals surface area contributed by atoms with Gasteiger partial charge in [-0.3, -0.25) is 4.79 Å². The molecule has 3 heteroatoms. The molecule has 1 aliphatic heterocycles. The highest BCUT2D eigenvalue weighted by molar-refractivity contribution is 5.76. The van der Waals surface area contributed by atoms with Crippen molar-refractivity contribution in [3.05, 3.63) is 35.9 Å². The Hall–Kier alpha value is -1.35. The Labute approximate surface area is 134 Å². The Bertz CT molecular complexity index is 470. The highest BCUT2D eigenvalue weighted by Crippen LogP contribution is 2.30. The zero-order valence-electron chi connectivity index (χ0n) is 13.9. The van der Waals surface area contributed by atoms with Crippen molar-refractivity contribution in [2.45, 2.75) is 58.0 Å². The van der Waals surface area contributed by atoms with E-state index >= 15 is 0 Å². The quantitative estimate of drug-likeness (QED) is 0.818. The SMILES string of the molecule is CC[C@H]1CN(C(=O)CCCCc2ccccc2)CC[C@@]1(C)O. The number of rotatable bonds is 6. The summed E-state index contributed by atoms with van der Waals surface area (Å²) >= 11 is 0. The van der Waals surface area contributed by atoms with Crippen LogP contribution in [0.3, 0.4) is 0 Å². The lowest BCUT2D eigenvalue weighted by atomic mass is 9.81. The predicted octanol–water partition coefficient (Wildman–Crippen LogP) is 3.41. The maximum atomic E-state index is 12.3. The van der Waals surface area contributed by atoms with Gasteiger partial charge in [-0.05, 0) is 44.6 Å². The standard InChI is InChI=1S/C19H29NO2/c1-3-17-15-20(14-13-19(17,2)22)18(21)12-8-7-11-16-9-5-4-6-10-16/h4-6,9-10,17,22H,3,7-8,11-15H2,1-2H3/t17-,19+/m0/s1. The second-order valence-corrected chi connectivity index (χ2v) is 6.74. The van der Waals surface area contributed by atoms with Gasteiger partial charge in [0.05, 0.1) is 5.60 Å². The second kappa shape index (κ2) is 7.77. The highest BCUT2D eigenvalue weighted by Gasteiger charge is 2.37. The van der Waals surface area contributed by atoms with E-state index in [-0.39, 0.29) is 11.8 Å². The van der Waals surface area contributed by atoms with Crippen LogP contribution in [0.1, 0.15) is 51.5 Å². The number of benzene rings is 1. The monoisotopic (exact) mass is 303 g/mol. The van der Waals surface area contributed by atoms with E-state index in [0.29, 0.717) is 25.9 Å². The van der Waals surface area contributed by atoms with Crippen LogP contribution in [0.2, 0.25) is 0 Å². The van der Waals surface area contributed by atoms with Crippen molar-refractivity contribution < 1.29 is 9.90 Å². The summed E-state index contributed by atoms with van der Waals surface area (Å²) in [6, 6.07) is 10.4. The van der Waals surface area contributed by atoms with E-state index in [1.807, 2.05) is 17.9 Å². The zero-order valence-corrected chi connectivity index (χ0v) is 13.9. The number of aliphatic hydroxyl groups is 1. The van der Waals surface area contributed by atoms with Gasteiger partial charge >= 0.3 is 0 Å². The lowest BCUT2D eigenvalue weighted by Gasteiger charge is -2.42. The Kier molecular flexibility index (Phi) is 6.01.